The summed E-state index contributed by atoms with van der Waals surface area (Å²) in [7, 11) is 0. The summed E-state index contributed by atoms with van der Waals surface area (Å²) < 4.78 is 11.6. The van der Waals surface area contributed by atoms with E-state index in [0.717, 1.165) is 49.3 Å². The van der Waals surface area contributed by atoms with Crippen LogP contribution in [0, 0.1) is 0 Å². The summed E-state index contributed by atoms with van der Waals surface area (Å²) in [5.74, 6) is 1.72. The monoisotopic (exact) mass is 408 g/mol. The number of amides is 1. The van der Waals surface area contributed by atoms with E-state index in [1.807, 2.05) is 13.0 Å². The summed E-state index contributed by atoms with van der Waals surface area (Å²) in [6, 6.07) is 15.0. The molecule has 0 bridgehead atoms. The maximum Gasteiger partial charge on any atom is 0.234 e. The molecule has 1 amide bonds. The van der Waals surface area contributed by atoms with Gasteiger partial charge in [0, 0.05) is 12.5 Å². The minimum Gasteiger partial charge on any atom is -0.490 e. The lowest BCUT2D eigenvalue weighted by atomic mass is 10.0. The Morgan fingerprint density at radius 1 is 1.10 bits per heavy atom. The topological polar surface area (TPSA) is 50.8 Å². The fourth-order valence-electron chi connectivity index (χ4n) is 4.38. The quantitative estimate of drug-likeness (QED) is 0.769. The van der Waals surface area contributed by atoms with Gasteiger partial charge in [0.25, 0.3) is 0 Å². The van der Waals surface area contributed by atoms with Crippen molar-refractivity contribution in [3.8, 4) is 11.5 Å². The summed E-state index contributed by atoms with van der Waals surface area (Å²) in [4.78, 5) is 15.0. The lowest BCUT2D eigenvalue weighted by Crippen LogP contribution is -2.38. The summed E-state index contributed by atoms with van der Waals surface area (Å²) in [6.07, 6.45) is 4.08. The van der Waals surface area contributed by atoms with Gasteiger partial charge in [0.05, 0.1) is 25.8 Å². The zero-order valence-electron chi connectivity index (χ0n) is 18.0. The predicted octanol–water partition coefficient (Wildman–Crippen LogP) is 4.42. The first-order chi connectivity index (χ1) is 14.6. The normalized spacial score (nSPS) is 19.9. The molecular weight excluding hydrogens is 376 g/mol. The van der Waals surface area contributed by atoms with Crippen molar-refractivity contribution in [3.05, 3.63) is 59.2 Å². The molecule has 0 spiro atoms. The highest BCUT2D eigenvalue weighted by Gasteiger charge is 2.29. The molecule has 0 aromatic heterocycles. The number of carbonyl (C=O) groups excluding carboxylic acids is 1. The molecule has 160 valence electrons. The number of ether oxygens (including phenoxy) is 2. The largest absolute Gasteiger partial charge is 0.490 e. The number of hydrogen-bond acceptors (Lipinski definition) is 4. The van der Waals surface area contributed by atoms with Gasteiger partial charge in [-0.25, -0.2) is 0 Å². The Morgan fingerprint density at radius 3 is 2.63 bits per heavy atom. The molecule has 1 N–H and O–H groups in total. The molecule has 2 aromatic rings. The van der Waals surface area contributed by atoms with Gasteiger partial charge in [-0.1, -0.05) is 37.3 Å². The minimum absolute atomic E-state index is 0.00232. The van der Waals surface area contributed by atoms with E-state index in [0.29, 0.717) is 19.8 Å². The molecule has 4 rings (SSSR count). The maximum atomic E-state index is 12.8. The lowest BCUT2D eigenvalue weighted by molar-refractivity contribution is -0.123. The molecule has 5 nitrogen and oxygen atoms in total. The molecule has 0 saturated carbocycles. The minimum atomic E-state index is 0.00232. The van der Waals surface area contributed by atoms with E-state index in [9.17, 15) is 4.79 Å². The van der Waals surface area contributed by atoms with Crippen LogP contribution in [0.4, 0.5) is 0 Å². The molecule has 0 unspecified atom stereocenters. The van der Waals surface area contributed by atoms with Crippen LogP contribution in [0.3, 0.4) is 0 Å². The average Bonchev–Trinajstić information content (AvgIpc) is 3.08. The number of likely N-dealkylation sites (tertiary alicyclic amines) is 1. The molecule has 1 fully saturated rings. The van der Waals surface area contributed by atoms with E-state index in [1.54, 1.807) is 0 Å². The van der Waals surface area contributed by atoms with Crippen molar-refractivity contribution >= 4 is 5.91 Å². The molecule has 0 radical (unpaired) electrons. The van der Waals surface area contributed by atoms with Crippen molar-refractivity contribution < 1.29 is 14.3 Å². The Balaban J connectivity index is 1.38. The predicted molar refractivity (Wildman–Crippen MR) is 118 cm³/mol. The Kier molecular flexibility index (Phi) is 6.58. The number of benzene rings is 2. The van der Waals surface area contributed by atoms with E-state index in [2.05, 4.69) is 53.5 Å². The lowest BCUT2D eigenvalue weighted by Gasteiger charge is -2.26. The summed E-state index contributed by atoms with van der Waals surface area (Å²) in [5, 5.41) is 3.17. The number of rotatable bonds is 6. The SMILES string of the molecule is CCc1ccc([C@@H](C)NC(=O)CN2CCC[C@H]2c2ccc3c(c2)OCCCO3)cc1. The highest BCUT2D eigenvalue weighted by molar-refractivity contribution is 5.78. The molecule has 0 aliphatic carbocycles. The summed E-state index contributed by atoms with van der Waals surface area (Å²) in [6.45, 7) is 6.93. The van der Waals surface area contributed by atoms with Crippen LogP contribution >= 0.6 is 0 Å². The highest BCUT2D eigenvalue weighted by atomic mass is 16.5. The fraction of sp³-hybridized carbons (Fsp3) is 0.480. The first-order valence-electron chi connectivity index (χ1n) is 11.2. The number of fused-ring (bicyclic) bond motifs is 1. The second kappa shape index (κ2) is 9.52. The van der Waals surface area contributed by atoms with Crippen LogP contribution in [0.1, 0.15) is 61.9 Å². The van der Waals surface area contributed by atoms with Crippen molar-refractivity contribution in [3.63, 3.8) is 0 Å². The van der Waals surface area contributed by atoms with Crippen LogP contribution < -0.4 is 14.8 Å². The van der Waals surface area contributed by atoms with Gasteiger partial charge in [-0.05, 0) is 61.6 Å². The molecule has 2 atom stereocenters. The summed E-state index contributed by atoms with van der Waals surface area (Å²) in [5.41, 5.74) is 3.65. The van der Waals surface area contributed by atoms with Gasteiger partial charge >= 0.3 is 0 Å². The molecule has 2 aromatic carbocycles. The summed E-state index contributed by atoms with van der Waals surface area (Å²) >= 11 is 0. The van der Waals surface area contributed by atoms with Crippen molar-refractivity contribution in [2.45, 2.75) is 51.6 Å². The maximum absolute atomic E-state index is 12.8. The van der Waals surface area contributed by atoms with Gasteiger partial charge in [0.2, 0.25) is 5.91 Å². The molecule has 2 aliphatic rings. The second-order valence-corrected chi connectivity index (χ2v) is 8.27. The van der Waals surface area contributed by atoms with Gasteiger partial charge < -0.3 is 14.8 Å². The average molecular weight is 409 g/mol. The molecule has 30 heavy (non-hydrogen) atoms. The third-order valence-corrected chi connectivity index (χ3v) is 6.13. The van der Waals surface area contributed by atoms with Crippen molar-refractivity contribution in [2.75, 3.05) is 26.3 Å². The van der Waals surface area contributed by atoms with Gasteiger partial charge in [0.1, 0.15) is 0 Å². The first-order valence-corrected chi connectivity index (χ1v) is 11.2. The van der Waals surface area contributed by atoms with Crippen LogP contribution in [0.2, 0.25) is 0 Å². The van der Waals surface area contributed by atoms with Crippen LogP contribution in [-0.4, -0.2) is 37.1 Å². The van der Waals surface area contributed by atoms with Gasteiger partial charge in [-0.15, -0.1) is 0 Å². The van der Waals surface area contributed by atoms with Crippen LogP contribution in [-0.2, 0) is 11.2 Å². The number of carbonyl (C=O) groups is 1. The number of nitrogens with zero attached hydrogens (tertiary/aromatic N) is 1. The van der Waals surface area contributed by atoms with Crippen LogP contribution in [0.15, 0.2) is 42.5 Å². The Bertz CT molecular complexity index is 865. The molecule has 2 heterocycles. The van der Waals surface area contributed by atoms with Crippen molar-refractivity contribution in [1.29, 1.82) is 0 Å². The number of hydrogen-bond donors (Lipinski definition) is 1. The molecule has 1 saturated heterocycles. The van der Waals surface area contributed by atoms with Crippen molar-refractivity contribution in [1.82, 2.24) is 10.2 Å². The van der Waals surface area contributed by atoms with E-state index in [1.165, 1.54) is 11.1 Å². The standard InChI is InChI=1S/C25H32N2O3/c1-3-19-7-9-20(10-8-19)18(2)26-25(28)17-27-13-4-6-22(27)21-11-12-23-24(16-21)30-15-5-14-29-23/h7-12,16,18,22H,3-6,13-15,17H2,1-2H3,(H,26,28)/t18-,22+/m1/s1. The Morgan fingerprint density at radius 2 is 1.87 bits per heavy atom. The highest BCUT2D eigenvalue weighted by Crippen LogP contribution is 2.37. The zero-order chi connectivity index (χ0) is 20.9. The van der Waals surface area contributed by atoms with E-state index < -0.39 is 0 Å². The third-order valence-electron chi connectivity index (χ3n) is 6.13. The fourth-order valence-corrected chi connectivity index (χ4v) is 4.38. The van der Waals surface area contributed by atoms with Gasteiger partial charge in [-0.2, -0.15) is 0 Å². The van der Waals surface area contributed by atoms with Crippen LogP contribution in [0.5, 0.6) is 11.5 Å². The van der Waals surface area contributed by atoms with Crippen LogP contribution in [0.25, 0.3) is 0 Å². The zero-order valence-corrected chi connectivity index (χ0v) is 18.0. The second-order valence-electron chi connectivity index (χ2n) is 8.27. The first kappa shape index (κ1) is 20.7. The number of aryl methyl sites for hydroxylation is 1. The van der Waals surface area contributed by atoms with Gasteiger partial charge in [-0.3, -0.25) is 9.69 Å². The Labute approximate surface area is 179 Å². The van der Waals surface area contributed by atoms with Gasteiger partial charge in [0.15, 0.2) is 11.5 Å². The van der Waals surface area contributed by atoms with Crippen molar-refractivity contribution in [2.24, 2.45) is 0 Å². The third kappa shape index (κ3) is 4.78. The Hall–Kier alpha value is -2.53. The van der Waals surface area contributed by atoms with E-state index in [-0.39, 0.29) is 18.0 Å². The number of nitrogens with one attached hydrogen (secondary N) is 1. The smallest absolute Gasteiger partial charge is 0.234 e. The molecule has 2 aliphatic heterocycles. The molecule has 5 heteroatoms. The molecular formula is C25H32N2O3. The van der Waals surface area contributed by atoms with E-state index in [4.69, 9.17) is 9.47 Å². The van der Waals surface area contributed by atoms with E-state index >= 15 is 0 Å².